The Balaban J connectivity index is 1.91. The third kappa shape index (κ3) is 3.70. The number of nitrogens with zero attached hydrogens (tertiary/aromatic N) is 2. The van der Waals surface area contributed by atoms with Gasteiger partial charge in [0.25, 0.3) is 0 Å². The third-order valence-electron chi connectivity index (χ3n) is 5.57. The van der Waals surface area contributed by atoms with Crippen molar-refractivity contribution in [3.05, 3.63) is 94.0 Å². The molecule has 166 valence electrons. The summed E-state index contributed by atoms with van der Waals surface area (Å²) in [6.45, 7) is 1.52. The molecule has 0 radical (unpaired) electrons. The van der Waals surface area contributed by atoms with Crippen LogP contribution in [0.4, 0.5) is 29.3 Å². The van der Waals surface area contributed by atoms with E-state index in [0.29, 0.717) is 21.4 Å². The van der Waals surface area contributed by atoms with Crippen molar-refractivity contribution in [2.75, 3.05) is 9.80 Å². The molecule has 0 bridgehead atoms. The second kappa shape index (κ2) is 7.99. The van der Waals surface area contributed by atoms with E-state index in [9.17, 15) is 23.1 Å². The number of rotatable bonds is 3. The van der Waals surface area contributed by atoms with Crippen LogP contribution in [0.3, 0.4) is 0 Å². The molecule has 0 aliphatic carbocycles. The van der Waals surface area contributed by atoms with Gasteiger partial charge in [0.15, 0.2) is 6.23 Å². The van der Waals surface area contributed by atoms with Crippen molar-refractivity contribution in [2.24, 2.45) is 0 Å². The highest BCUT2D eigenvalue weighted by atomic mass is 35.5. The predicted octanol–water partition coefficient (Wildman–Crippen LogP) is 6.69. The van der Waals surface area contributed by atoms with Crippen LogP contribution in [0.15, 0.2) is 72.8 Å². The van der Waals surface area contributed by atoms with Gasteiger partial charge < -0.3 is 5.11 Å². The molecule has 1 heterocycles. The van der Waals surface area contributed by atoms with Crippen LogP contribution in [-0.4, -0.2) is 17.4 Å². The maximum absolute atomic E-state index is 13.6. The molecule has 0 aromatic heterocycles. The normalized spacial score (nSPS) is 21.3. The molecule has 4 rings (SSSR count). The molecule has 2 unspecified atom stereocenters. The Morgan fingerprint density at radius 1 is 0.906 bits per heavy atom. The maximum Gasteiger partial charge on any atom is 0.416 e. The number of urea groups is 1. The number of halogens is 5. The van der Waals surface area contributed by atoms with Crippen molar-refractivity contribution < 1.29 is 23.1 Å². The van der Waals surface area contributed by atoms with Crippen molar-refractivity contribution in [3.63, 3.8) is 0 Å². The van der Waals surface area contributed by atoms with Crippen molar-refractivity contribution in [3.8, 4) is 0 Å². The number of benzene rings is 3. The lowest BCUT2D eigenvalue weighted by atomic mass is 9.87. The summed E-state index contributed by atoms with van der Waals surface area (Å²) in [6.07, 6.45) is -6.09. The number of hydrogen-bond donors (Lipinski definition) is 1. The number of carbonyl (C=O) groups excluding carboxylic acids is 1. The zero-order valence-electron chi connectivity index (χ0n) is 16.6. The van der Waals surface area contributed by atoms with E-state index >= 15 is 0 Å². The molecule has 4 nitrogen and oxygen atoms in total. The first-order valence-corrected chi connectivity index (χ1v) is 10.3. The monoisotopic (exact) mass is 480 g/mol. The Hall–Kier alpha value is -2.74. The zero-order valence-corrected chi connectivity index (χ0v) is 18.2. The Labute approximate surface area is 192 Å². The number of carbonyl (C=O) groups is 1. The van der Waals surface area contributed by atoms with Gasteiger partial charge in [0, 0.05) is 21.4 Å². The molecule has 32 heavy (non-hydrogen) atoms. The minimum Gasteiger partial charge on any atom is -0.370 e. The lowest BCUT2D eigenvalue weighted by Gasteiger charge is -2.36. The molecule has 0 saturated carbocycles. The molecule has 1 saturated heterocycles. The largest absolute Gasteiger partial charge is 0.416 e. The van der Waals surface area contributed by atoms with Crippen LogP contribution < -0.4 is 9.80 Å². The summed E-state index contributed by atoms with van der Waals surface area (Å²) in [5, 5.41) is 12.2. The number of hydrogen-bond acceptors (Lipinski definition) is 2. The number of amides is 2. The van der Waals surface area contributed by atoms with Crippen LogP contribution in [0.2, 0.25) is 10.0 Å². The third-order valence-corrected chi connectivity index (χ3v) is 6.08. The molecule has 1 fully saturated rings. The van der Waals surface area contributed by atoms with Gasteiger partial charge in [-0.1, -0.05) is 35.3 Å². The fourth-order valence-electron chi connectivity index (χ4n) is 3.89. The van der Waals surface area contributed by atoms with Crippen LogP contribution in [0.25, 0.3) is 0 Å². The van der Waals surface area contributed by atoms with Crippen LogP contribution in [0.1, 0.15) is 18.1 Å². The van der Waals surface area contributed by atoms with E-state index in [4.69, 9.17) is 23.2 Å². The van der Waals surface area contributed by atoms with E-state index in [1.54, 1.807) is 48.5 Å². The summed E-state index contributed by atoms with van der Waals surface area (Å²) >= 11 is 11.9. The highest BCUT2D eigenvalue weighted by molar-refractivity contribution is 6.31. The molecule has 3 aromatic carbocycles. The summed E-state index contributed by atoms with van der Waals surface area (Å²) in [5.41, 5.74) is -1.58. The van der Waals surface area contributed by atoms with E-state index in [-0.39, 0.29) is 5.56 Å². The number of alkyl halides is 3. The van der Waals surface area contributed by atoms with Crippen molar-refractivity contribution in [1.82, 2.24) is 0 Å². The van der Waals surface area contributed by atoms with Crippen LogP contribution in [0.5, 0.6) is 0 Å². The molecule has 0 spiro atoms. The topological polar surface area (TPSA) is 43.8 Å². The fraction of sp³-hybridized carbons (Fsp3) is 0.174. The van der Waals surface area contributed by atoms with E-state index in [1.807, 2.05) is 0 Å². The van der Waals surface area contributed by atoms with Gasteiger partial charge in [0.1, 0.15) is 5.54 Å². The summed E-state index contributed by atoms with van der Waals surface area (Å²) < 4.78 is 40.3. The second-order valence-corrected chi connectivity index (χ2v) is 8.41. The van der Waals surface area contributed by atoms with Crippen LogP contribution in [-0.2, 0) is 11.7 Å². The SMILES string of the molecule is CC1(c2cccc(C(F)(F)F)c2)C(O)N(c2ccc(Cl)cc2)C(=O)N1c1ccc(Cl)cc1. The van der Waals surface area contributed by atoms with Crippen LogP contribution in [0, 0.1) is 0 Å². The molecule has 2 amide bonds. The quantitative estimate of drug-likeness (QED) is 0.453. The van der Waals surface area contributed by atoms with Gasteiger partial charge in [0.2, 0.25) is 0 Å². The first-order chi connectivity index (χ1) is 15.0. The first kappa shape index (κ1) is 22.5. The average molecular weight is 481 g/mol. The number of aliphatic hydroxyl groups excluding tert-OH is 1. The molecule has 9 heteroatoms. The minimum atomic E-state index is -4.58. The smallest absolute Gasteiger partial charge is 0.370 e. The first-order valence-electron chi connectivity index (χ1n) is 9.54. The summed E-state index contributed by atoms with van der Waals surface area (Å²) in [5.74, 6) is 0. The summed E-state index contributed by atoms with van der Waals surface area (Å²) in [4.78, 5) is 16.0. The number of aliphatic hydroxyl groups is 1. The van der Waals surface area contributed by atoms with E-state index in [0.717, 1.165) is 17.0 Å². The summed E-state index contributed by atoms with van der Waals surface area (Å²) in [7, 11) is 0. The highest BCUT2D eigenvalue weighted by Gasteiger charge is 2.56. The molecular formula is C23H17Cl2F3N2O2. The molecule has 3 aromatic rings. The molecule has 1 N–H and O–H groups in total. The zero-order chi connectivity index (χ0) is 23.3. The number of anilines is 2. The van der Waals surface area contributed by atoms with Gasteiger partial charge >= 0.3 is 12.2 Å². The summed E-state index contributed by atoms with van der Waals surface area (Å²) in [6, 6.07) is 16.5. The maximum atomic E-state index is 13.6. The van der Waals surface area contributed by atoms with Gasteiger partial charge in [-0.3, -0.25) is 9.80 Å². The lowest BCUT2D eigenvalue weighted by molar-refractivity contribution is -0.137. The van der Waals surface area contributed by atoms with Gasteiger partial charge in [-0.15, -0.1) is 0 Å². The van der Waals surface area contributed by atoms with Gasteiger partial charge in [0.05, 0.1) is 5.56 Å². The Morgan fingerprint density at radius 3 is 1.97 bits per heavy atom. The fourth-order valence-corrected chi connectivity index (χ4v) is 4.14. The van der Waals surface area contributed by atoms with E-state index in [2.05, 4.69) is 0 Å². The Kier molecular flexibility index (Phi) is 5.61. The van der Waals surface area contributed by atoms with Gasteiger partial charge in [-0.2, -0.15) is 13.2 Å². The molecule has 2 atom stereocenters. The van der Waals surface area contributed by atoms with Gasteiger partial charge in [-0.05, 0) is 73.2 Å². The predicted molar refractivity (Wildman–Crippen MR) is 118 cm³/mol. The molecule has 1 aliphatic rings. The van der Waals surface area contributed by atoms with Crippen molar-refractivity contribution in [1.29, 1.82) is 0 Å². The van der Waals surface area contributed by atoms with Crippen molar-refractivity contribution >= 4 is 40.6 Å². The van der Waals surface area contributed by atoms with Crippen LogP contribution >= 0.6 is 23.2 Å². The van der Waals surface area contributed by atoms with Gasteiger partial charge in [-0.25, -0.2) is 4.79 Å². The Morgan fingerprint density at radius 2 is 1.44 bits per heavy atom. The van der Waals surface area contributed by atoms with E-state index < -0.39 is 29.5 Å². The standard InChI is InChI=1S/C23H17Cl2F3N2O2/c1-22(14-3-2-4-15(13-14)23(26,27)28)20(31)29(18-9-5-16(24)6-10-18)21(32)30(22)19-11-7-17(25)8-12-19/h2-13,20,31H,1H3. The average Bonchev–Trinajstić information content (AvgIpc) is 2.95. The molecular weight excluding hydrogens is 464 g/mol. The Bertz CT molecular complexity index is 1150. The highest BCUT2D eigenvalue weighted by Crippen LogP contribution is 2.46. The van der Waals surface area contributed by atoms with Crippen molar-refractivity contribution in [2.45, 2.75) is 24.9 Å². The second-order valence-electron chi connectivity index (χ2n) is 7.54. The molecule has 1 aliphatic heterocycles. The van der Waals surface area contributed by atoms with E-state index in [1.165, 1.54) is 24.0 Å². The minimum absolute atomic E-state index is 0.125. The lowest BCUT2D eigenvalue weighted by Crippen LogP contribution is -2.47.